The quantitative estimate of drug-likeness (QED) is 0.441. The molecular weight excluding hydrogens is 443 g/mol. The van der Waals surface area contributed by atoms with E-state index in [1.54, 1.807) is 24.3 Å². The Morgan fingerprint density at radius 3 is 2.32 bits per heavy atom. The lowest BCUT2D eigenvalue weighted by molar-refractivity contribution is -0.113. The summed E-state index contributed by atoms with van der Waals surface area (Å²) in [5.74, 6) is -0.163. The van der Waals surface area contributed by atoms with Crippen molar-refractivity contribution in [3.63, 3.8) is 0 Å². The third-order valence-corrected chi connectivity index (χ3v) is 5.09. The van der Waals surface area contributed by atoms with Crippen molar-refractivity contribution in [2.24, 2.45) is 4.99 Å². The van der Waals surface area contributed by atoms with E-state index in [0.717, 1.165) is 4.47 Å². The zero-order valence-corrected chi connectivity index (χ0v) is 16.8. The average Bonchev–Trinajstić information content (AvgIpc) is 3.01. The zero-order valence-electron chi connectivity index (χ0n) is 14.4. The van der Waals surface area contributed by atoms with Crippen molar-refractivity contribution < 1.29 is 9.18 Å². The van der Waals surface area contributed by atoms with E-state index in [-0.39, 0.29) is 17.4 Å². The third-order valence-electron chi connectivity index (χ3n) is 4.23. The predicted molar refractivity (Wildman–Crippen MR) is 114 cm³/mol. The lowest BCUT2D eigenvalue weighted by Gasteiger charge is -2.19. The first-order valence-electron chi connectivity index (χ1n) is 8.44. The standard InChI is InChI=1S/C22H13BrClFN2O/c23-15-7-11-17(12-8-15)27-21(18-3-1-2-4-19(18)24)26-20(22(27)28)13-14-5-9-16(25)10-6-14/h1-13H/b20-13+. The van der Waals surface area contributed by atoms with E-state index >= 15 is 0 Å². The molecule has 0 unspecified atom stereocenters. The minimum absolute atomic E-state index is 0.254. The van der Waals surface area contributed by atoms with E-state index in [4.69, 9.17) is 11.6 Å². The molecule has 1 aliphatic heterocycles. The van der Waals surface area contributed by atoms with E-state index in [1.165, 1.54) is 17.0 Å². The molecule has 3 aromatic carbocycles. The highest BCUT2D eigenvalue weighted by atomic mass is 79.9. The van der Waals surface area contributed by atoms with Gasteiger partial charge in [-0.25, -0.2) is 9.38 Å². The van der Waals surface area contributed by atoms with Gasteiger partial charge in [0, 0.05) is 10.0 Å². The van der Waals surface area contributed by atoms with Crippen molar-refractivity contribution >= 4 is 51.0 Å². The molecule has 4 rings (SSSR count). The monoisotopic (exact) mass is 454 g/mol. The normalized spacial score (nSPS) is 15.2. The molecule has 0 aliphatic carbocycles. The molecule has 0 spiro atoms. The van der Waals surface area contributed by atoms with Crippen LogP contribution in [-0.2, 0) is 4.79 Å². The average molecular weight is 456 g/mol. The van der Waals surface area contributed by atoms with Crippen LogP contribution in [0.1, 0.15) is 11.1 Å². The smallest absolute Gasteiger partial charge is 0.266 e. The molecule has 1 amide bonds. The highest BCUT2D eigenvalue weighted by Gasteiger charge is 2.33. The van der Waals surface area contributed by atoms with Gasteiger partial charge < -0.3 is 0 Å². The summed E-state index contributed by atoms with van der Waals surface area (Å²) in [6, 6.07) is 20.5. The van der Waals surface area contributed by atoms with E-state index in [2.05, 4.69) is 20.9 Å². The molecule has 3 nitrogen and oxygen atoms in total. The third kappa shape index (κ3) is 3.63. The number of carbonyl (C=O) groups is 1. The maximum Gasteiger partial charge on any atom is 0.282 e. The number of amidine groups is 1. The number of halogens is 3. The van der Waals surface area contributed by atoms with Crippen molar-refractivity contribution in [3.05, 3.63) is 105 Å². The summed E-state index contributed by atoms with van der Waals surface area (Å²) in [6.07, 6.45) is 1.64. The Bertz CT molecular complexity index is 1110. The molecule has 0 saturated carbocycles. The summed E-state index contributed by atoms with van der Waals surface area (Å²) in [7, 11) is 0. The van der Waals surface area contributed by atoms with Crippen molar-refractivity contribution in [3.8, 4) is 0 Å². The Morgan fingerprint density at radius 1 is 0.964 bits per heavy atom. The number of aliphatic imine (C=N–C) groups is 1. The van der Waals surface area contributed by atoms with Gasteiger partial charge in [0.05, 0.1) is 10.7 Å². The Hall–Kier alpha value is -2.76. The molecule has 0 aromatic heterocycles. The van der Waals surface area contributed by atoms with Crippen LogP contribution < -0.4 is 4.90 Å². The highest BCUT2D eigenvalue weighted by molar-refractivity contribution is 9.10. The van der Waals surface area contributed by atoms with Gasteiger partial charge in [-0.2, -0.15) is 0 Å². The number of hydrogen-bond acceptors (Lipinski definition) is 2. The maximum atomic E-state index is 13.2. The Labute approximate surface area is 174 Å². The summed E-state index contributed by atoms with van der Waals surface area (Å²) in [5.41, 5.74) is 2.27. The molecule has 0 atom stereocenters. The first-order valence-corrected chi connectivity index (χ1v) is 9.61. The Morgan fingerprint density at radius 2 is 1.64 bits per heavy atom. The van der Waals surface area contributed by atoms with Gasteiger partial charge in [-0.05, 0) is 60.2 Å². The van der Waals surface area contributed by atoms with Gasteiger partial charge >= 0.3 is 0 Å². The fourth-order valence-electron chi connectivity index (χ4n) is 2.89. The lowest BCUT2D eigenvalue weighted by Crippen LogP contribution is -2.32. The SMILES string of the molecule is O=C1/C(=C\c2ccc(F)cc2)N=C(c2ccccc2Cl)N1c1ccc(Br)cc1. The van der Waals surface area contributed by atoms with E-state index in [1.807, 2.05) is 42.5 Å². The topological polar surface area (TPSA) is 32.7 Å². The Kier molecular flexibility index (Phi) is 5.11. The van der Waals surface area contributed by atoms with Crippen LogP contribution in [0.4, 0.5) is 10.1 Å². The van der Waals surface area contributed by atoms with Crippen LogP contribution in [0, 0.1) is 5.82 Å². The number of rotatable bonds is 3. The number of amides is 1. The molecular formula is C22H13BrClFN2O. The highest BCUT2D eigenvalue weighted by Crippen LogP contribution is 2.31. The van der Waals surface area contributed by atoms with E-state index in [0.29, 0.717) is 27.7 Å². The lowest BCUT2D eigenvalue weighted by atomic mass is 10.1. The van der Waals surface area contributed by atoms with Crippen LogP contribution in [0.25, 0.3) is 6.08 Å². The zero-order chi connectivity index (χ0) is 19.7. The molecule has 28 heavy (non-hydrogen) atoms. The van der Waals surface area contributed by atoms with Crippen LogP contribution in [0.2, 0.25) is 5.02 Å². The van der Waals surface area contributed by atoms with Gasteiger partial charge in [0.15, 0.2) is 0 Å². The van der Waals surface area contributed by atoms with Gasteiger partial charge in [-0.3, -0.25) is 9.69 Å². The molecule has 0 fully saturated rings. The summed E-state index contributed by atoms with van der Waals surface area (Å²) < 4.78 is 14.1. The van der Waals surface area contributed by atoms with Crippen LogP contribution in [0.5, 0.6) is 0 Å². The van der Waals surface area contributed by atoms with Crippen molar-refractivity contribution in [1.82, 2.24) is 0 Å². The second-order valence-electron chi connectivity index (χ2n) is 6.11. The predicted octanol–water partition coefficient (Wildman–Crippen LogP) is 6.08. The van der Waals surface area contributed by atoms with Crippen LogP contribution in [0.3, 0.4) is 0 Å². The molecule has 1 aliphatic rings. The Balaban J connectivity index is 1.84. The van der Waals surface area contributed by atoms with Gasteiger partial charge in [0.1, 0.15) is 17.3 Å². The van der Waals surface area contributed by atoms with Gasteiger partial charge in [-0.1, -0.05) is 51.8 Å². The molecule has 0 radical (unpaired) electrons. The molecule has 6 heteroatoms. The minimum Gasteiger partial charge on any atom is -0.266 e. The second-order valence-corrected chi connectivity index (χ2v) is 7.44. The van der Waals surface area contributed by atoms with Crippen LogP contribution in [-0.4, -0.2) is 11.7 Å². The first-order chi connectivity index (χ1) is 13.5. The van der Waals surface area contributed by atoms with Crippen molar-refractivity contribution in [2.75, 3.05) is 4.90 Å². The van der Waals surface area contributed by atoms with Gasteiger partial charge in [0.25, 0.3) is 5.91 Å². The van der Waals surface area contributed by atoms with Crippen molar-refractivity contribution in [1.29, 1.82) is 0 Å². The summed E-state index contributed by atoms with van der Waals surface area (Å²) in [5, 5.41) is 0.499. The molecule has 3 aromatic rings. The number of benzene rings is 3. The summed E-state index contributed by atoms with van der Waals surface area (Å²) in [6.45, 7) is 0. The molecule has 138 valence electrons. The number of hydrogen-bond donors (Lipinski definition) is 0. The molecule has 0 bridgehead atoms. The molecule has 0 saturated heterocycles. The van der Waals surface area contributed by atoms with Crippen LogP contribution >= 0.6 is 27.5 Å². The largest absolute Gasteiger partial charge is 0.282 e. The fraction of sp³-hybridized carbons (Fsp3) is 0. The number of carbonyl (C=O) groups excluding carboxylic acids is 1. The van der Waals surface area contributed by atoms with Gasteiger partial charge in [-0.15, -0.1) is 0 Å². The first kappa shape index (κ1) is 18.6. The molecule has 1 heterocycles. The van der Waals surface area contributed by atoms with Crippen LogP contribution in [0.15, 0.2) is 88.0 Å². The minimum atomic E-state index is -0.336. The summed E-state index contributed by atoms with van der Waals surface area (Å²) in [4.78, 5) is 19.3. The second kappa shape index (κ2) is 7.70. The van der Waals surface area contributed by atoms with Gasteiger partial charge in [0.2, 0.25) is 0 Å². The van der Waals surface area contributed by atoms with E-state index in [9.17, 15) is 9.18 Å². The van der Waals surface area contributed by atoms with E-state index < -0.39 is 0 Å². The fourth-order valence-corrected chi connectivity index (χ4v) is 3.37. The number of anilines is 1. The summed E-state index contributed by atoms with van der Waals surface area (Å²) >= 11 is 9.77. The maximum absolute atomic E-state index is 13.2. The molecule has 0 N–H and O–H groups in total. The number of nitrogens with zero attached hydrogens (tertiary/aromatic N) is 2. The van der Waals surface area contributed by atoms with Crippen molar-refractivity contribution in [2.45, 2.75) is 0 Å².